The maximum absolute atomic E-state index is 13.1. The fourth-order valence-electron chi connectivity index (χ4n) is 4.15. The van der Waals surface area contributed by atoms with Crippen molar-refractivity contribution >= 4 is 28.3 Å². The molecular formula is C22H19N3O3S. The first-order chi connectivity index (χ1) is 14.0. The van der Waals surface area contributed by atoms with Crippen molar-refractivity contribution in [3.8, 4) is 17.0 Å². The molecule has 7 heteroatoms. The Hall–Kier alpha value is -3.19. The van der Waals surface area contributed by atoms with E-state index in [0.717, 1.165) is 16.8 Å². The van der Waals surface area contributed by atoms with Crippen molar-refractivity contribution in [1.29, 1.82) is 0 Å². The molecule has 0 unspecified atom stereocenters. The van der Waals surface area contributed by atoms with Gasteiger partial charge in [-0.15, -0.1) is 11.3 Å². The van der Waals surface area contributed by atoms with Gasteiger partial charge in [-0.25, -0.2) is 4.98 Å². The first-order valence-corrected chi connectivity index (χ1v) is 10.3. The van der Waals surface area contributed by atoms with Gasteiger partial charge < -0.3 is 15.4 Å². The summed E-state index contributed by atoms with van der Waals surface area (Å²) in [5.41, 5.74) is 1.87. The van der Waals surface area contributed by atoms with E-state index in [1.54, 1.807) is 0 Å². The second-order valence-electron chi connectivity index (χ2n) is 7.54. The lowest BCUT2D eigenvalue weighted by atomic mass is 9.74. The first-order valence-electron chi connectivity index (χ1n) is 9.44. The van der Waals surface area contributed by atoms with Gasteiger partial charge in [0, 0.05) is 23.3 Å². The maximum Gasteiger partial charge on any atom is 0.239 e. The number of rotatable bonds is 3. The molecule has 5 rings (SSSR count). The average molecular weight is 405 g/mol. The zero-order valence-electron chi connectivity index (χ0n) is 15.7. The van der Waals surface area contributed by atoms with E-state index >= 15 is 0 Å². The van der Waals surface area contributed by atoms with Gasteiger partial charge in [-0.05, 0) is 18.6 Å². The quantitative estimate of drug-likeness (QED) is 0.650. The van der Waals surface area contributed by atoms with Crippen LogP contribution >= 0.6 is 11.3 Å². The van der Waals surface area contributed by atoms with Crippen LogP contribution in [0.25, 0.3) is 11.3 Å². The van der Waals surface area contributed by atoms with E-state index in [-0.39, 0.29) is 17.7 Å². The van der Waals surface area contributed by atoms with Crippen LogP contribution < -0.4 is 15.4 Å². The maximum atomic E-state index is 13.1. The number of nitrogens with zero attached hydrogens (tertiary/aromatic N) is 1. The lowest BCUT2D eigenvalue weighted by Gasteiger charge is -2.46. The molecule has 1 saturated heterocycles. The molecule has 146 valence electrons. The Morgan fingerprint density at radius 1 is 1.21 bits per heavy atom. The monoisotopic (exact) mass is 405 g/mol. The van der Waals surface area contributed by atoms with Gasteiger partial charge in [0.1, 0.15) is 11.7 Å². The molecular weight excluding hydrogens is 386 g/mol. The molecule has 2 aliphatic heterocycles. The zero-order chi connectivity index (χ0) is 20.0. The fraction of sp³-hybridized carbons (Fsp3) is 0.227. The van der Waals surface area contributed by atoms with Crippen LogP contribution in [0.5, 0.6) is 5.75 Å². The summed E-state index contributed by atoms with van der Waals surface area (Å²) in [6, 6.07) is 17.4. The number of benzene rings is 2. The number of thiazole rings is 1. The molecule has 6 nitrogen and oxygen atoms in total. The first kappa shape index (κ1) is 17.9. The van der Waals surface area contributed by atoms with E-state index in [4.69, 9.17) is 4.74 Å². The summed E-state index contributed by atoms with van der Waals surface area (Å²) in [5.74, 6) is -1.04. The highest BCUT2D eigenvalue weighted by Crippen LogP contribution is 2.46. The summed E-state index contributed by atoms with van der Waals surface area (Å²) in [6.45, 7) is 1.84. The van der Waals surface area contributed by atoms with Crippen LogP contribution in [0.2, 0.25) is 0 Å². The van der Waals surface area contributed by atoms with Gasteiger partial charge in [0.2, 0.25) is 11.8 Å². The molecule has 1 fully saturated rings. The minimum atomic E-state index is -0.836. The van der Waals surface area contributed by atoms with E-state index < -0.39 is 11.6 Å². The number of carbonyl (C=O) groups excluding carboxylic acids is 2. The third kappa shape index (κ3) is 3.17. The number of fused-ring (bicyclic) bond motifs is 4. The average Bonchev–Trinajstić information content (AvgIpc) is 3.16. The standard InChI is InChI=1S/C22H19N3O3S/c1-22-11-15(14-9-5-6-10-17(14)28-22)18(20(27)25-22)19(26)24-21-23-16(12-29-21)13-7-3-2-4-8-13/h2-10,12,15,18H,11H2,1H3,(H,25,27)(H,23,24,26)/t15-,18+,22+/m0/s1. The highest BCUT2D eigenvalue weighted by Gasteiger charge is 2.51. The minimum absolute atomic E-state index is 0.243. The normalized spacial score (nSPS) is 24.8. The van der Waals surface area contributed by atoms with Crippen LogP contribution in [0.1, 0.15) is 24.8 Å². The summed E-state index contributed by atoms with van der Waals surface area (Å²) in [5, 5.41) is 8.10. The molecule has 0 saturated carbocycles. The number of ether oxygens (including phenoxy) is 1. The van der Waals surface area contributed by atoms with Crippen molar-refractivity contribution in [2.24, 2.45) is 5.92 Å². The summed E-state index contributed by atoms with van der Waals surface area (Å²) in [7, 11) is 0. The Morgan fingerprint density at radius 3 is 2.79 bits per heavy atom. The molecule has 2 N–H and O–H groups in total. The van der Waals surface area contributed by atoms with E-state index in [1.165, 1.54) is 11.3 Å². The molecule has 2 bridgehead atoms. The molecule has 3 aromatic rings. The van der Waals surface area contributed by atoms with Gasteiger partial charge in [-0.1, -0.05) is 48.5 Å². The van der Waals surface area contributed by atoms with Gasteiger partial charge >= 0.3 is 0 Å². The van der Waals surface area contributed by atoms with E-state index in [1.807, 2.05) is 66.9 Å². The number of para-hydroxylation sites is 1. The van der Waals surface area contributed by atoms with Crippen molar-refractivity contribution in [1.82, 2.24) is 10.3 Å². The predicted octanol–water partition coefficient (Wildman–Crippen LogP) is 3.78. The molecule has 29 heavy (non-hydrogen) atoms. The molecule has 0 radical (unpaired) electrons. The zero-order valence-corrected chi connectivity index (χ0v) is 16.5. The van der Waals surface area contributed by atoms with Crippen LogP contribution in [0.15, 0.2) is 60.0 Å². The van der Waals surface area contributed by atoms with Crippen molar-refractivity contribution in [3.05, 3.63) is 65.5 Å². The molecule has 0 aliphatic carbocycles. The van der Waals surface area contributed by atoms with Crippen LogP contribution in [0.3, 0.4) is 0 Å². The van der Waals surface area contributed by atoms with Crippen LogP contribution in [0.4, 0.5) is 5.13 Å². The van der Waals surface area contributed by atoms with Crippen molar-refractivity contribution in [2.75, 3.05) is 5.32 Å². The number of hydrogen-bond acceptors (Lipinski definition) is 5. The molecule has 0 spiro atoms. The summed E-state index contributed by atoms with van der Waals surface area (Å²) >= 11 is 1.35. The van der Waals surface area contributed by atoms with Crippen molar-refractivity contribution in [2.45, 2.75) is 25.0 Å². The van der Waals surface area contributed by atoms with Gasteiger partial charge in [-0.3, -0.25) is 9.59 Å². The van der Waals surface area contributed by atoms with Gasteiger partial charge in [0.25, 0.3) is 0 Å². The molecule has 2 aromatic carbocycles. The van der Waals surface area contributed by atoms with E-state index in [0.29, 0.717) is 17.3 Å². The van der Waals surface area contributed by atoms with Crippen LogP contribution in [0, 0.1) is 5.92 Å². The fourth-order valence-corrected chi connectivity index (χ4v) is 4.87. The molecule has 2 amide bonds. The van der Waals surface area contributed by atoms with Crippen LogP contribution in [-0.4, -0.2) is 22.5 Å². The summed E-state index contributed by atoms with van der Waals surface area (Å²) < 4.78 is 5.99. The highest BCUT2D eigenvalue weighted by molar-refractivity contribution is 7.14. The van der Waals surface area contributed by atoms with Crippen LogP contribution in [-0.2, 0) is 9.59 Å². The smallest absolute Gasteiger partial charge is 0.239 e. The number of aromatic nitrogens is 1. The Kier molecular flexibility index (Phi) is 4.13. The number of hydrogen-bond donors (Lipinski definition) is 2. The van der Waals surface area contributed by atoms with Gasteiger partial charge in [0.05, 0.1) is 5.69 Å². The molecule has 1 aromatic heterocycles. The lowest BCUT2D eigenvalue weighted by Crippen LogP contribution is -2.62. The van der Waals surface area contributed by atoms with Crippen molar-refractivity contribution in [3.63, 3.8) is 0 Å². The summed E-state index contributed by atoms with van der Waals surface area (Å²) in [4.78, 5) is 30.4. The second kappa shape index (κ2) is 6.70. The number of nitrogens with one attached hydrogen (secondary N) is 2. The lowest BCUT2D eigenvalue weighted by molar-refractivity contribution is -0.145. The Bertz CT molecular complexity index is 1100. The predicted molar refractivity (Wildman–Crippen MR) is 111 cm³/mol. The summed E-state index contributed by atoms with van der Waals surface area (Å²) in [6.07, 6.45) is 0.543. The number of carbonyl (C=O) groups is 2. The number of anilines is 1. The third-order valence-corrected chi connectivity index (χ3v) is 6.18. The Labute approximate surface area is 171 Å². The van der Waals surface area contributed by atoms with Gasteiger partial charge in [-0.2, -0.15) is 0 Å². The highest BCUT2D eigenvalue weighted by atomic mass is 32.1. The minimum Gasteiger partial charge on any atom is -0.468 e. The van der Waals surface area contributed by atoms with E-state index in [9.17, 15) is 9.59 Å². The number of amides is 2. The molecule has 2 aliphatic rings. The Balaban J connectivity index is 1.42. The second-order valence-corrected chi connectivity index (χ2v) is 8.40. The topological polar surface area (TPSA) is 80.3 Å². The molecule has 3 heterocycles. The number of piperidine rings is 1. The molecule has 3 atom stereocenters. The van der Waals surface area contributed by atoms with E-state index in [2.05, 4.69) is 15.6 Å². The largest absolute Gasteiger partial charge is 0.468 e. The van der Waals surface area contributed by atoms with Crippen molar-refractivity contribution < 1.29 is 14.3 Å². The third-order valence-electron chi connectivity index (χ3n) is 5.42. The Morgan fingerprint density at radius 2 is 1.97 bits per heavy atom. The SMILES string of the molecule is C[C@]12C[C@@H](c3ccccc3O1)[C@H](C(=O)Nc1nc(-c3ccccc3)cs1)C(=O)N2. The van der Waals surface area contributed by atoms with Gasteiger partial charge in [0.15, 0.2) is 10.9 Å².